The van der Waals surface area contributed by atoms with Gasteiger partial charge in [-0.2, -0.15) is 0 Å². The molecular weight excluding hydrogens is 134 g/mol. The molecule has 1 aliphatic carbocycles. The molecule has 0 radical (unpaired) electrons. The van der Waals surface area contributed by atoms with Crippen molar-refractivity contribution in [2.75, 3.05) is 19.6 Å². The Kier molecular flexibility index (Phi) is 1.65. The first-order valence-electron chi connectivity index (χ1n) is 4.47. The van der Waals surface area contributed by atoms with Gasteiger partial charge in [0.25, 0.3) is 0 Å². The highest BCUT2D eigenvalue weighted by Crippen LogP contribution is 2.52. The van der Waals surface area contributed by atoms with Crippen molar-refractivity contribution in [1.29, 1.82) is 0 Å². The second-order valence-corrected chi connectivity index (χ2v) is 3.89. The first kappa shape index (κ1) is 7.18. The Bertz CT molecular complexity index is 205. The first-order chi connectivity index (χ1) is 5.35. The van der Waals surface area contributed by atoms with Crippen molar-refractivity contribution in [2.45, 2.75) is 26.2 Å². The zero-order chi connectivity index (χ0) is 7.73. The third-order valence-electron chi connectivity index (χ3n) is 2.95. The number of likely N-dealkylation sites (tertiary alicyclic amines) is 1. The minimum absolute atomic E-state index is 0.773. The van der Waals surface area contributed by atoms with Crippen LogP contribution in [0.1, 0.15) is 26.2 Å². The summed E-state index contributed by atoms with van der Waals surface area (Å²) in [6.45, 7) is 5.53. The average Bonchev–Trinajstić information content (AvgIpc) is 2.61. The monoisotopic (exact) mass is 149 g/mol. The Morgan fingerprint density at radius 3 is 2.73 bits per heavy atom. The fraction of sp³-hybridized carbons (Fsp3) is 0.800. The lowest BCUT2D eigenvalue weighted by atomic mass is 10.1. The summed E-state index contributed by atoms with van der Waals surface area (Å²) in [6.07, 6.45) is 4.38. The van der Waals surface area contributed by atoms with Crippen LogP contribution in [0.2, 0.25) is 0 Å². The normalized spacial score (nSPS) is 26.6. The smallest absolute Gasteiger partial charge is 0.0601 e. The number of rotatable bonds is 1. The van der Waals surface area contributed by atoms with E-state index in [9.17, 15) is 0 Å². The number of hydrogen-bond donors (Lipinski definition) is 0. The van der Waals surface area contributed by atoms with Crippen LogP contribution in [0.4, 0.5) is 0 Å². The summed E-state index contributed by atoms with van der Waals surface area (Å²) in [5.74, 6) is 6.08. The molecular formula is C10H15N. The van der Waals surface area contributed by atoms with Gasteiger partial charge in [-0.15, -0.1) is 5.92 Å². The van der Waals surface area contributed by atoms with E-state index in [1.165, 1.54) is 32.4 Å². The summed E-state index contributed by atoms with van der Waals surface area (Å²) in [4.78, 5) is 2.49. The molecule has 1 saturated heterocycles. The van der Waals surface area contributed by atoms with Crippen LogP contribution in [0.5, 0.6) is 0 Å². The lowest BCUT2D eigenvalue weighted by Crippen LogP contribution is -2.21. The van der Waals surface area contributed by atoms with Gasteiger partial charge >= 0.3 is 0 Å². The van der Waals surface area contributed by atoms with Gasteiger partial charge in [0.2, 0.25) is 0 Å². The molecule has 0 bridgehead atoms. The SMILES string of the molecule is CC#CCN1CCC2(CC2)C1. The highest BCUT2D eigenvalue weighted by Gasteiger charge is 2.47. The van der Waals surface area contributed by atoms with Gasteiger partial charge in [0.1, 0.15) is 0 Å². The molecule has 0 amide bonds. The summed E-state index contributed by atoms with van der Waals surface area (Å²) in [7, 11) is 0. The Morgan fingerprint density at radius 1 is 1.36 bits per heavy atom. The molecule has 0 aromatic rings. The Labute approximate surface area is 68.8 Å². The number of nitrogens with zero attached hydrogens (tertiary/aromatic N) is 1. The van der Waals surface area contributed by atoms with E-state index in [1.807, 2.05) is 6.92 Å². The summed E-state index contributed by atoms with van der Waals surface area (Å²) in [6, 6.07) is 0. The van der Waals surface area contributed by atoms with Crippen molar-refractivity contribution in [2.24, 2.45) is 5.41 Å². The van der Waals surface area contributed by atoms with Crippen LogP contribution in [0.3, 0.4) is 0 Å². The van der Waals surface area contributed by atoms with Gasteiger partial charge in [0, 0.05) is 6.54 Å². The molecule has 1 heterocycles. The Hall–Kier alpha value is -0.480. The van der Waals surface area contributed by atoms with Crippen molar-refractivity contribution in [3.05, 3.63) is 0 Å². The van der Waals surface area contributed by atoms with E-state index < -0.39 is 0 Å². The molecule has 0 atom stereocenters. The predicted octanol–water partition coefficient (Wildman–Crippen LogP) is 1.50. The Balaban J connectivity index is 1.83. The average molecular weight is 149 g/mol. The first-order valence-corrected chi connectivity index (χ1v) is 4.47. The summed E-state index contributed by atoms with van der Waals surface area (Å²) in [5, 5.41) is 0. The molecule has 0 aromatic carbocycles. The van der Waals surface area contributed by atoms with Crippen molar-refractivity contribution < 1.29 is 0 Å². The second kappa shape index (κ2) is 2.53. The standard InChI is InChI=1S/C10H15N/c1-2-3-7-11-8-6-10(9-11)4-5-10/h4-9H2,1H3. The van der Waals surface area contributed by atoms with Crippen molar-refractivity contribution in [1.82, 2.24) is 4.90 Å². The van der Waals surface area contributed by atoms with Gasteiger partial charge in [0.05, 0.1) is 6.54 Å². The maximum absolute atomic E-state index is 3.13. The van der Waals surface area contributed by atoms with Gasteiger partial charge in [-0.1, -0.05) is 5.92 Å². The minimum atomic E-state index is 0.773. The Morgan fingerprint density at radius 2 is 2.18 bits per heavy atom. The van der Waals surface area contributed by atoms with Crippen molar-refractivity contribution in [3.8, 4) is 11.8 Å². The molecule has 1 heteroatoms. The van der Waals surface area contributed by atoms with E-state index in [2.05, 4.69) is 16.7 Å². The van der Waals surface area contributed by atoms with Gasteiger partial charge in [0.15, 0.2) is 0 Å². The van der Waals surface area contributed by atoms with Gasteiger partial charge < -0.3 is 0 Å². The third-order valence-corrected chi connectivity index (χ3v) is 2.95. The second-order valence-electron chi connectivity index (χ2n) is 3.89. The van der Waals surface area contributed by atoms with E-state index in [0.717, 1.165) is 12.0 Å². The zero-order valence-electron chi connectivity index (χ0n) is 7.19. The topological polar surface area (TPSA) is 3.24 Å². The van der Waals surface area contributed by atoms with Crippen molar-refractivity contribution >= 4 is 0 Å². The molecule has 2 fully saturated rings. The van der Waals surface area contributed by atoms with E-state index in [4.69, 9.17) is 0 Å². The molecule has 0 N–H and O–H groups in total. The zero-order valence-corrected chi connectivity index (χ0v) is 7.19. The van der Waals surface area contributed by atoms with Crippen LogP contribution in [0, 0.1) is 17.3 Å². The van der Waals surface area contributed by atoms with Gasteiger partial charge in [-0.3, -0.25) is 4.90 Å². The molecule has 1 aliphatic heterocycles. The molecule has 0 aromatic heterocycles. The van der Waals surface area contributed by atoms with Crippen molar-refractivity contribution in [3.63, 3.8) is 0 Å². The molecule has 1 spiro atoms. The molecule has 2 rings (SSSR count). The quantitative estimate of drug-likeness (QED) is 0.511. The van der Waals surface area contributed by atoms with E-state index in [0.29, 0.717) is 0 Å². The fourth-order valence-electron chi connectivity index (χ4n) is 1.94. The summed E-state index contributed by atoms with van der Waals surface area (Å²) >= 11 is 0. The van der Waals surface area contributed by atoms with E-state index >= 15 is 0 Å². The number of hydrogen-bond acceptors (Lipinski definition) is 1. The third kappa shape index (κ3) is 1.41. The van der Waals surface area contributed by atoms with Crippen LogP contribution in [0.25, 0.3) is 0 Å². The van der Waals surface area contributed by atoms with Crippen LogP contribution in [-0.2, 0) is 0 Å². The van der Waals surface area contributed by atoms with E-state index in [1.54, 1.807) is 0 Å². The van der Waals surface area contributed by atoms with Crippen LogP contribution < -0.4 is 0 Å². The van der Waals surface area contributed by atoms with Crippen LogP contribution in [0.15, 0.2) is 0 Å². The lowest BCUT2D eigenvalue weighted by Gasteiger charge is -2.10. The molecule has 1 nitrogen and oxygen atoms in total. The maximum Gasteiger partial charge on any atom is 0.0601 e. The van der Waals surface area contributed by atoms with Crippen LogP contribution >= 0.6 is 0 Å². The molecule has 60 valence electrons. The maximum atomic E-state index is 3.13. The van der Waals surface area contributed by atoms with Crippen LogP contribution in [-0.4, -0.2) is 24.5 Å². The highest BCUT2D eigenvalue weighted by molar-refractivity contribution is 5.04. The van der Waals surface area contributed by atoms with E-state index in [-0.39, 0.29) is 0 Å². The molecule has 2 aliphatic rings. The van der Waals surface area contributed by atoms with Gasteiger partial charge in [-0.25, -0.2) is 0 Å². The molecule has 11 heavy (non-hydrogen) atoms. The fourth-order valence-corrected chi connectivity index (χ4v) is 1.94. The summed E-state index contributed by atoms with van der Waals surface area (Å²) in [5.41, 5.74) is 0.773. The predicted molar refractivity (Wildman–Crippen MR) is 46.2 cm³/mol. The lowest BCUT2D eigenvalue weighted by molar-refractivity contribution is 0.359. The molecule has 1 saturated carbocycles. The minimum Gasteiger partial charge on any atom is -0.292 e. The summed E-state index contributed by atoms with van der Waals surface area (Å²) < 4.78 is 0. The molecule has 0 unspecified atom stereocenters. The highest BCUT2D eigenvalue weighted by atomic mass is 15.2. The largest absolute Gasteiger partial charge is 0.292 e. The van der Waals surface area contributed by atoms with Gasteiger partial charge in [-0.05, 0) is 38.1 Å².